The maximum atomic E-state index is 13.5. The van der Waals surface area contributed by atoms with E-state index in [1.165, 1.54) is 11.1 Å². The SMILES string of the molecule is COc1ccc2c(c1)CCn1c-2cc(-c2ccccc2)c1C(=O)c1ccccc1. The zero-order chi connectivity index (χ0) is 19.8. The lowest BCUT2D eigenvalue weighted by Crippen LogP contribution is -2.17. The summed E-state index contributed by atoms with van der Waals surface area (Å²) >= 11 is 0. The molecule has 1 aliphatic heterocycles. The number of carbonyl (C=O) groups excluding carboxylic acids is 1. The van der Waals surface area contributed by atoms with E-state index in [4.69, 9.17) is 4.74 Å². The summed E-state index contributed by atoms with van der Waals surface area (Å²) in [4.78, 5) is 13.5. The normalized spacial score (nSPS) is 12.2. The number of hydrogen-bond acceptors (Lipinski definition) is 2. The molecule has 0 saturated heterocycles. The number of benzene rings is 3. The highest BCUT2D eigenvalue weighted by Crippen LogP contribution is 2.39. The van der Waals surface area contributed by atoms with Crippen LogP contribution in [0.4, 0.5) is 0 Å². The molecule has 3 nitrogen and oxygen atoms in total. The Morgan fingerprint density at radius 3 is 2.31 bits per heavy atom. The summed E-state index contributed by atoms with van der Waals surface area (Å²) in [6.45, 7) is 0.774. The molecule has 0 radical (unpaired) electrons. The van der Waals surface area contributed by atoms with Gasteiger partial charge in [0.1, 0.15) is 5.75 Å². The van der Waals surface area contributed by atoms with Crippen LogP contribution in [0.3, 0.4) is 0 Å². The molecule has 0 aliphatic carbocycles. The maximum Gasteiger partial charge on any atom is 0.210 e. The molecule has 0 spiro atoms. The molecule has 3 aromatic carbocycles. The van der Waals surface area contributed by atoms with Gasteiger partial charge in [0.05, 0.1) is 12.8 Å². The van der Waals surface area contributed by atoms with Crippen LogP contribution in [0.5, 0.6) is 5.75 Å². The van der Waals surface area contributed by atoms with Crippen molar-refractivity contribution in [3.8, 4) is 28.1 Å². The van der Waals surface area contributed by atoms with E-state index < -0.39 is 0 Å². The van der Waals surface area contributed by atoms with Gasteiger partial charge < -0.3 is 9.30 Å². The maximum absolute atomic E-state index is 13.5. The highest BCUT2D eigenvalue weighted by atomic mass is 16.5. The van der Waals surface area contributed by atoms with E-state index in [0.29, 0.717) is 5.56 Å². The summed E-state index contributed by atoms with van der Waals surface area (Å²) < 4.78 is 7.59. The summed E-state index contributed by atoms with van der Waals surface area (Å²) in [5.74, 6) is 0.931. The van der Waals surface area contributed by atoms with Crippen molar-refractivity contribution in [1.29, 1.82) is 0 Å². The Morgan fingerprint density at radius 1 is 0.862 bits per heavy atom. The highest BCUT2D eigenvalue weighted by molar-refractivity contribution is 6.12. The smallest absolute Gasteiger partial charge is 0.210 e. The Hall–Kier alpha value is -3.59. The molecule has 3 heteroatoms. The number of nitrogens with zero attached hydrogens (tertiary/aromatic N) is 1. The fourth-order valence-corrected chi connectivity index (χ4v) is 4.20. The van der Waals surface area contributed by atoms with Gasteiger partial charge in [0.25, 0.3) is 0 Å². The van der Waals surface area contributed by atoms with Crippen LogP contribution in [0.15, 0.2) is 84.9 Å². The van der Waals surface area contributed by atoms with Crippen LogP contribution in [0.25, 0.3) is 22.4 Å². The monoisotopic (exact) mass is 379 g/mol. The number of carbonyl (C=O) groups is 1. The second-order valence-electron chi connectivity index (χ2n) is 7.28. The minimum absolute atomic E-state index is 0.0627. The van der Waals surface area contributed by atoms with Gasteiger partial charge in [-0.2, -0.15) is 0 Å². The van der Waals surface area contributed by atoms with Crippen LogP contribution >= 0.6 is 0 Å². The molecule has 29 heavy (non-hydrogen) atoms. The minimum atomic E-state index is 0.0627. The zero-order valence-corrected chi connectivity index (χ0v) is 16.3. The van der Waals surface area contributed by atoms with E-state index in [0.717, 1.165) is 41.2 Å². The highest BCUT2D eigenvalue weighted by Gasteiger charge is 2.27. The molecule has 0 unspecified atom stereocenters. The molecule has 0 atom stereocenters. The molecule has 4 aromatic rings. The number of ether oxygens (including phenoxy) is 1. The van der Waals surface area contributed by atoms with Crippen LogP contribution in [0.2, 0.25) is 0 Å². The van der Waals surface area contributed by atoms with E-state index >= 15 is 0 Å². The van der Waals surface area contributed by atoms with E-state index in [1.54, 1.807) is 7.11 Å². The van der Waals surface area contributed by atoms with Gasteiger partial charge in [0, 0.05) is 28.9 Å². The molecule has 142 valence electrons. The van der Waals surface area contributed by atoms with E-state index in [9.17, 15) is 4.79 Å². The van der Waals surface area contributed by atoms with Gasteiger partial charge in [-0.1, -0.05) is 60.7 Å². The molecule has 1 aromatic heterocycles. The lowest BCUT2D eigenvalue weighted by atomic mass is 9.98. The van der Waals surface area contributed by atoms with Crippen molar-refractivity contribution in [2.75, 3.05) is 7.11 Å². The fourth-order valence-electron chi connectivity index (χ4n) is 4.20. The standard InChI is InChI=1S/C26H21NO2/c1-29-21-12-13-22-20(16-21)14-15-27-24(22)17-23(18-8-4-2-5-9-18)25(27)26(28)19-10-6-3-7-11-19/h2-13,16-17H,14-15H2,1H3. The van der Waals surface area contributed by atoms with Crippen molar-refractivity contribution >= 4 is 5.78 Å². The van der Waals surface area contributed by atoms with Crippen LogP contribution in [-0.4, -0.2) is 17.5 Å². The van der Waals surface area contributed by atoms with Gasteiger partial charge in [0.15, 0.2) is 0 Å². The second kappa shape index (κ2) is 7.10. The predicted molar refractivity (Wildman–Crippen MR) is 115 cm³/mol. The predicted octanol–water partition coefficient (Wildman–Crippen LogP) is 5.62. The molecule has 1 aliphatic rings. The Labute approximate surface area is 170 Å². The average Bonchev–Trinajstić information content (AvgIpc) is 3.19. The van der Waals surface area contributed by atoms with Crippen molar-refractivity contribution in [2.24, 2.45) is 0 Å². The topological polar surface area (TPSA) is 31.2 Å². The number of methoxy groups -OCH3 is 1. The largest absolute Gasteiger partial charge is 0.497 e. The molecule has 2 heterocycles. The van der Waals surface area contributed by atoms with Crippen LogP contribution in [0, 0.1) is 0 Å². The van der Waals surface area contributed by atoms with Gasteiger partial charge in [-0.15, -0.1) is 0 Å². The molecule has 0 bridgehead atoms. The summed E-state index contributed by atoms with van der Waals surface area (Å²) in [7, 11) is 1.69. The number of hydrogen-bond donors (Lipinski definition) is 0. The van der Waals surface area contributed by atoms with Gasteiger partial charge in [-0.3, -0.25) is 4.79 Å². The molecular weight excluding hydrogens is 358 g/mol. The van der Waals surface area contributed by atoms with E-state index in [2.05, 4.69) is 34.9 Å². The van der Waals surface area contributed by atoms with Gasteiger partial charge >= 0.3 is 0 Å². The van der Waals surface area contributed by atoms with Crippen LogP contribution in [-0.2, 0) is 13.0 Å². The lowest BCUT2D eigenvalue weighted by Gasteiger charge is -2.22. The first-order valence-corrected chi connectivity index (χ1v) is 9.82. The van der Waals surface area contributed by atoms with Gasteiger partial charge in [-0.25, -0.2) is 0 Å². The third kappa shape index (κ3) is 2.95. The number of aryl methyl sites for hydroxylation is 1. The lowest BCUT2D eigenvalue weighted by molar-refractivity contribution is 0.103. The van der Waals surface area contributed by atoms with Crippen molar-refractivity contribution < 1.29 is 9.53 Å². The summed E-state index contributed by atoms with van der Waals surface area (Å²) in [5.41, 5.74) is 7.04. The second-order valence-corrected chi connectivity index (χ2v) is 7.28. The molecular formula is C26H21NO2. The van der Waals surface area contributed by atoms with Crippen LogP contribution < -0.4 is 4.74 Å². The summed E-state index contributed by atoms with van der Waals surface area (Å²) in [6.07, 6.45) is 0.873. The van der Waals surface area contributed by atoms with Crippen molar-refractivity contribution in [1.82, 2.24) is 4.57 Å². The molecule has 5 rings (SSSR count). The molecule has 0 N–H and O–H groups in total. The first kappa shape index (κ1) is 17.5. The van der Waals surface area contributed by atoms with Crippen molar-refractivity contribution in [2.45, 2.75) is 13.0 Å². The summed E-state index contributed by atoms with van der Waals surface area (Å²) in [5, 5.41) is 0. The molecule has 0 fully saturated rings. The Bertz CT molecular complexity index is 1190. The third-order valence-electron chi connectivity index (χ3n) is 5.63. The van der Waals surface area contributed by atoms with Gasteiger partial charge in [-0.05, 0) is 41.8 Å². The van der Waals surface area contributed by atoms with Crippen molar-refractivity contribution in [3.63, 3.8) is 0 Å². The number of ketones is 1. The minimum Gasteiger partial charge on any atom is -0.497 e. The summed E-state index contributed by atoms with van der Waals surface area (Å²) in [6, 6.07) is 28.1. The number of rotatable bonds is 4. The van der Waals surface area contributed by atoms with Crippen LogP contribution in [0.1, 0.15) is 21.6 Å². The Balaban J connectivity index is 1.74. The Kier molecular flexibility index (Phi) is 4.28. The third-order valence-corrected chi connectivity index (χ3v) is 5.63. The number of fused-ring (bicyclic) bond motifs is 3. The molecule has 0 saturated carbocycles. The van der Waals surface area contributed by atoms with Crippen molar-refractivity contribution in [3.05, 3.63) is 102 Å². The first-order valence-electron chi connectivity index (χ1n) is 9.82. The molecule has 0 amide bonds. The average molecular weight is 379 g/mol. The van der Waals surface area contributed by atoms with Gasteiger partial charge in [0.2, 0.25) is 5.78 Å². The van der Waals surface area contributed by atoms with E-state index in [-0.39, 0.29) is 5.78 Å². The zero-order valence-electron chi connectivity index (χ0n) is 16.3. The number of aromatic nitrogens is 1. The van der Waals surface area contributed by atoms with E-state index in [1.807, 2.05) is 54.6 Å². The quantitative estimate of drug-likeness (QED) is 0.431. The fraction of sp³-hybridized carbons (Fsp3) is 0.115. The Morgan fingerprint density at radius 2 is 1.59 bits per heavy atom. The first-order chi connectivity index (χ1) is 14.3.